The van der Waals surface area contributed by atoms with Gasteiger partial charge in [-0.2, -0.15) is 5.10 Å². The molecule has 1 saturated heterocycles. The molecule has 1 aliphatic rings. The van der Waals surface area contributed by atoms with Crippen LogP contribution in [0.15, 0.2) is 17.4 Å². The van der Waals surface area contributed by atoms with Crippen molar-refractivity contribution in [2.75, 3.05) is 26.2 Å². The van der Waals surface area contributed by atoms with Crippen LogP contribution < -0.4 is 10.6 Å². The van der Waals surface area contributed by atoms with Gasteiger partial charge >= 0.3 is 0 Å². The van der Waals surface area contributed by atoms with Gasteiger partial charge in [-0.3, -0.25) is 14.6 Å². The zero-order valence-corrected chi connectivity index (χ0v) is 18.7. The Morgan fingerprint density at radius 3 is 2.72 bits per heavy atom. The standard InChI is InChI=1S/C18H34N6.HI/c1-6-19-18(20-9-7-8-16-10-21-23(5)12-16)22-17-13-24(14(2)3)11-15(17)4;/h10,12,14-15,17H,6-9,11,13H2,1-5H3,(H2,19,20,22);1H. The average molecular weight is 462 g/mol. The zero-order chi connectivity index (χ0) is 17.5. The predicted octanol–water partition coefficient (Wildman–Crippen LogP) is 2.25. The van der Waals surface area contributed by atoms with E-state index < -0.39 is 0 Å². The first kappa shape index (κ1) is 22.2. The summed E-state index contributed by atoms with van der Waals surface area (Å²) in [5, 5.41) is 11.2. The Morgan fingerprint density at radius 2 is 2.16 bits per heavy atom. The van der Waals surface area contributed by atoms with Crippen LogP contribution in [0.2, 0.25) is 0 Å². The quantitative estimate of drug-likeness (QED) is 0.283. The zero-order valence-electron chi connectivity index (χ0n) is 16.3. The van der Waals surface area contributed by atoms with E-state index in [-0.39, 0.29) is 24.0 Å². The molecule has 6 nitrogen and oxygen atoms in total. The van der Waals surface area contributed by atoms with E-state index >= 15 is 0 Å². The van der Waals surface area contributed by atoms with E-state index in [0.29, 0.717) is 18.0 Å². The molecule has 1 fully saturated rings. The van der Waals surface area contributed by atoms with Gasteiger partial charge in [-0.1, -0.05) is 6.92 Å². The summed E-state index contributed by atoms with van der Waals surface area (Å²) in [5.41, 5.74) is 1.28. The van der Waals surface area contributed by atoms with Gasteiger partial charge in [0.1, 0.15) is 0 Å². The summed E-state index contributed by atoms with van der Waals surface area (Å²) in [4.78, 5) is 7.29. The van der Waals surface area contributed by atoms with Crippen LogP contribution >= 0.6 is 24.0 Å². The molecule has 7 heteroatoms. The lowest BCUT2D eigenvalue weighted by atomic mass is 10.1. The second-order valence-electron chi connectivity index (χ2n) is 7.16. The SMILES string of the molecule is CCNC(=NCCCc1cnn(C)c1)NC1CN(C(C)C)CC1C.I. The molecule has 0 amide bonds. The van der Waals surface area contributed by atoms with E-state index in [1.807, 2.05) is 17.9 Å². The molecule has 2 rings (SSSR count). The number of aromatic nitrogens is 2. The van der Waals surface area contributed by atoms with E-state index in [4.69, 9.17) is 4.99 Å². The van der Waals surface area contributed by atoms with E-state index in [0.717, 1.165) is 45.0 Å². The second kappa shape index (κ2) is 11.0. The molecule has 2 N–H and O–H groups in total. The number of aliphatic imine (C=N–C) groups is 1. The summed E-state index contributed by atoms with van der Waals surface area (Å²) in [6, 6.07) is 1.08. The van der Waals surface area contributed by atoms with Gasteiger partial charge in [0, 0.05) is 51.5 Å². The fraction of sp³-hybridized carbons (Fsp3) is 0.778. The van der Waals surface area contributed by atoms with Crippen molar-refractivity contribution in [2.45, 2.75) is 52.6 Å². The minimum atomic E-state index is 0. The van der Waals surface area contributed by atoms with Crippen LogP contribution in [0.4, 0.5) is 0 Å². The van der Waals surface area contributed by atoms with Crippen molar-refractivity contribution < 1.29 is 0 Å². The highest BCUT2D eigenvalue weighted by molar-refractivity contribution is 14.0. The molecule has 2 atom stereocenters. The minimum absolute atomic E-state index is 0. The van der Waals surface area contributed by atoms with Gasteiger partial charge in [-0.05, 0) is 45.1 Å². The number of nitrogens with zero attached hydrogens (tertiary/aromatic N) is 4. The van der Waals surface area contributed by atoms with Crippen LogP contribution in [0.3, 0.4) is 0 Å². The highest BCUT2D eigenvalue weighted by Crippen LogP contribution is 2.18. The smallest absolute Gasteiger partial charge is 0.191 e. The maximum Gasteiger partial charge on any atom is 0.191 e. The molecular weight excluding hydrogens is 427 g/mol. The summed E-state index contributed by atoms with van der Waals surface area (Å²) in [5.74, 6) is 1.60. The van der Waals surface area contributed by atoms with Gasteiger partial charge in [-0.15, -0.1) is 24.0 Å². The number of likely N-dealkylation sites (tertiary alicyclic amines) is 1. The van der Waals surface area contributed by atoms with E-state index in [1.165, 1.54) is 5.56 Å². The normalized spacial score (nSPS) is 21.4. The van der Waals surface area contributed by atoms with Crippen molar-refractivity contribution in [3.05, 3.63) is 18.0 Å². The van der Waals surface area contributed by atoms with Gasteiger partial charge in [0.2, 0.25) is 0 Å². The molecule has 2 unspecified atom stereocenters. The maximum absolute atomic E-state index is 4.75. The monoisotopic (exact) mass is 462 g/mol. The minimum Gasteiger partial charge on any atom is -0.357 e. The fourth-order valence-corrected chi connectivity index (χ4v) is 3.18. The van der Waals surface area contributed by atoms with Crippen LogP contribution in [0, 0.1) is 5.92 Å². The molecule has 2 heterocycles. The van der Waals surface area contributed by atoms with Crippen molar-refractivity contribution in [1.29, 1.82) is 0 Å². The Bertz CT molecular complexity index is 527. The number of nitrogens with one attached hydrogen (secondary N) is 2. The van der Waals surface area contributed by atoms with Crippen LogP contribution in [0.1, 0.15) is 39.7 Å². The fourth-order valence-electron chi connectivity index (χ4n) is 3.18. The molecule has 0 spiro atoms. The molecule has 0 radical (unpaired) electrons. The first-order valence-electron chi connectivity index (χ1n) is 9.26. The topological polar surface area (TPSA) is 57.5 Å². The molecule has 1 aromatic heterocycles. The van der Waals surface area contributed by atoms with Gasteiger partial charge in [0.25, 0.3) is 0 Å². The molecule has 0 saturated carbocycles. The van der Waals surface area contributed by atoms with Crippen molar-refractivity contribution in [3.8, 4) is 0 Å². The Hall–Kier alpha value is -0.830. The van der Waals surface area contributed by atoms with Crippen molar-refractivity contribution >= 4 is 29.9 Å². The van der Waals surface area contributed by atoms with Crippen LogP contribution in [0.25, 0.3) is 0 Å². The molecule has 1 aliphatic heterocycles. The maximum atomic E-state index is 4.75. The summed E-state index contributed by atoms with van der Waals surface area (Å²) < 4.78 is 1.85. The number of guanidine groups is 1. The predicted molar refractivity (Wildman–Crippen MR) is 116 cm³/mol. The first-order chi connectivity index (χ1) is 11.5. The van der Waals surface area contributed by atoms with Gasteiger partial charge in [0.15, 0.2) is 5.96 Å². The molecule has 0 aromatic carbocycles. The molecule has 25 heavy (non-hydrogen) atoms. The third-order valence-corrected chi connectivity index (χ3v) is 4.69. The van der Waals surface area contributed by atoms with Gasteiger partial charge in [-0.25, -0.2) is 0 Å². The summed E-state index contributed by atoms with van der Waals surface area (Å²) >= 11 is 0. The lowest BCUT2D eigenvalue weighted by Crippen LogP contribution is -2.46. The second-order valence-corrected chi connectivity index (χ2v) is 7.16. The number of rotatable bonds is 7. The summed E-state index contributed by atoms with van der Waals surface area (Å²) in [7, 11) is 1.96. The van der Waals surface area contributed by atoms with Crippen LogP contribution in [0.5, 0.6) is 0 Å². The van der Waals surface area contributed by atoms with E-state index in [9.17, 15) is 0 Å². The van der Waals surface area contributed by atoms with E-state index in [1.54, 1.807) is 0 Å². The van der Waals surface area contributed by atoms with Crippen molar-refractivity contribution in [1.82, 2.24) is 25.3 Å². The summed E-state index contributed by atoms with van der Waals surface area (Å²) in [6.45, 7) is 13.0. The molecule has 0 aliphatic carbocycles. The lowest BCUT2D eigenvalue weighted by molar-refractivity contribution is 0.265. The van der Waals surface area contributed by atoms with E-state index in [2.05, 4.69) is 54.5 Å². The lowest BCUT2D eigenvalue weighted by Gasteiger charge is -2.21. The molecule has 144 valence electrons. The molecule has 0 bridgehead atoms. The Kier molecular flexibility index (Phi) is 9.78. The highest BCUT2D eigenvalue weighted by Gasteiger charge is 2.31. The molecule has 1 aromatic rings. The third-order valence-electron chi connectivity index (χ3n) is 4.69. The summed E-state index contributed by atoms with van der Waals surface area (Å²) in [6.07, 6.45) is 6.08. The number of aryl methyl sites for hydroxylation is 2. The number of hydrogen-bond acceptors (Lipinski definition) is 3. The van der Waals surface area contributed by atoms with Gasteiger partial charge in [0.05, 0.1) is 6.20 Å². The average Bonchev–Trinajstić information content (AvgIpc) is 3.10. The highest BCUT2D eigenvalue weighted by atomic mass is 127. The van der Waals surface area contributed by atoms with Gasteiger partial charge < -0.3 is 10.6 Å². The Balaban J connectivity index is 0.00000312. The first-order valence-corrected chi connectivity index (χ1v) is 9.26. The largest absolute Gasteiger partial charge is 0.357 e. The van der Waals surface area contributed by atoms with Crippen molar-refractivity contribution in [3.63, 3.8) is 0 Å². The van der Waals surface area contributed by atoms with Crippen LogP contribution in [-0.2, 0) is 13.5 Å². The van der Waals surface area contributed by atoms with Crippen LogP contribution in [-0.4, -0.2) is 58.9 Å². The number of hydrogen-bond donors (Lipinski definition) is 2. The number of halogens is 1. The Labute approximate surface area is 169 Å². The molecular formula is C18H35IN6. The third kappa shape index (κ3) is 7.13. The Morgan fingerprint density at radius 1 is 1.40 bits per heavy atom. The van der Waals surface area contributed by atoms with Crippen molar-refractivity contribution in [2.24, 2.45) is 18.0 Å².